The Bertz CT molecular complexity index is 284. The highest BCUT2D eigenvalue weighted by atomic mass is 15.2. The van der Waals surface area contributed by atoms with Crippen molar-refractivity contribution in [3.8, 4) is 0 Å². The zero-order valence-corrected chi connectivity index (χ0v) is 8.69. The van der Waals surface area contributed by atoms with E-state index in [1.807, 2.05) is 0 Å². The van der Waals surface area contributed by atoms with Crippen molar-refractivity contribution in [1.29, 1.82) is 0 Å². The van der Waals surface area contributed by atoms with Crippen LogP contribution in [0.25, 0.3) is 0 Å². The summed E-state index contributed by atoms with van der Waals surface area (Å²) in [6, 6.07) is 11.6. The molecule has 0 saturated carbocycles. The number of nitrogens with zero attached hydrogens (tertiary/aromatic N) is 1. The Hall–Kier alpha value is -0.860. The summed E-state index contributed by atoms with van der Waals surface area (Å²) in [7, 11) is 0. The molecule has 14 heavy (non-hydrogen) atoms. The summed E-state index contributed by atoms with van der Waals surface area (Å²) in [5, 5.41) is 0. The Balaban J connectivity index is 1.98. The quantitative estimate of drug-likeness (QED) is 0.767. The maximum Gasteiger partial charge on any atom is 0.0237 e. The van der Waals surface area contributed by atoms with Gasteiger partial charge in [-0.15, -0.1) is 0 Å². The first-order valence-corrected chi connectivity index (χ1v) is 5.29. The van der Waals surface area contributed by atoms with Gasteiger partial charge in [-0.25, -0.2) is 0 Å². The minimum atomic E-state index is 0.369. The van der Waals surface area contributed by atoms with Gasteiger partial charge in [-0.3, -0.25) is 4.90 Å². The number of rotatable bonds is 2. The smallest absolute Gasteiger partial charge is 0.0237 e. The van der Waals surface area contributed by atoms with Crippen LogP contribution in [0.5, 0.6) is 0 Å². The Labute approximate surface area is 85.7 Å². The molecule has 0 radical (unpaired) electrons. The molecule has 1 fully saturated rings. The molecule has 1 aliphatic heterocycles. The van der Waals surface area contributed by atoms with E-state index in [1.54, 1.807) is 0 Å². The first-order chi connectivity index (χ1) is 6.75. The highest BCUT2D eigenvalue weighted by Crippen LogP contribution is 2.18. The minimum absolute atomic E-state index is 0.369. The van der Waals surface area contributed by atoms with Crippen molar-refractivity contribution in [2.24, 2.45) is 5.73 Å². The SMILES string of the molecule is C[C@H]1CC(N)CN1Cc1ccccc1. The lowest BCUT2D eigenvalue weighted by molar-refractivity contribution is 0.259. The van der Waals surface area contributed by atoms with Gasteiger partial charge in [0.1, 0.15) is 0 Å². The van der Waals surface area contributed by atoms with Crippen molar-refractivity contribution in [2.75, 3.05) is 6.54 Å². The van der Waals surface area contributed by atoms with Gasteiger partial charge in [-0.2, -0.15) is 0 Å². The summed E-state index contributed by atoms with van der Waals surface area (Å²) in [5.41, 5.74) is 7.31. The Kier molecular flexibility index (Phi) is 2.85. The van der Waals surface area contributed by atoms with E-state index in [0.717, 1.165) is 19.5 Å². The number of hydrogen-bond acceptors (Lipinski definition) is 2. The summed E-state index contributed by atoms with van der Waals surface area (Å²) >= 11 is 0. The molecule has 1 aliphatic rings. The number of nitrogens with two attached hydrogens (primary N) is 1. The molecule has 0 aromatic heterocycles. The summed E-state index contributed by atoms with van der Waals surface area (Å²) in [4.78, 5) is 2.46. The van der Waals surface area contributed by atoms with Gasteiger partial charge >= 0.3 is 0 Å². The first kappa shape index (κ1) is 9.69. The molecule has 1 saturated heterocycles. The molecule has 2 heteroatoms. The highest BCUT2D eigenvalue weighted by Gasteiger charge is 2.25. The van der Waals surface area contributed by atoms with Gasteiger partial charge in [-0.1, -0.05) is 30.3 Å². The van der Waals surface area contributed by atoms with Gasteiger partial charge in [0.25, 0.3) is 0 Å². The van der Waals surface area contributed by atoms with Gasteiger partial charge in [-0.05, 0) is 18.9 Å². The zero-order chi connectivity index (χ0) is 9.97. The van der Waals surface area contributed by atoms with E-state index >= 15 is 0 Å². The maximum atomic E-state index is 5.93. The van der Waals surface area contributed by atoms with E-state index in [-0.39, 0.29) is 0 Å². The third-order valence-corrected chi connectivity index (χ3v) is 2.96. The van der Waals surface area contributed by atoms with E-state index in [2.05, 4.69) is 42.2 Å². The summed E-state index contributed by atoms with van der Waals surface area (Å²) in [6.07, 6.45) is 1.13. The van der Waals surface area contributed by atoms with Crippen LogP contribution in [0.15, 0.2) is 30.3 Å². The van der Waals surface area contributed by atoms with Crippen molar-refractivity contribution in [3.05, 3.63) is 35.9 Å². The molecule has 1 aromatic carbocycles. The van der Waals surface area contributed by atoms with Gasteiger partial charge in [0, 0.05) is 25.2 Å². The summed E-state index contributed by atoms with van der Waals surface area (Å²) in [6.45, 7) is 4.33. The molecule has 0 spiro atoms. The zero-order valence-electron chi connectivity index (χ0n) is 8.69. The molecule has 0 aliphatic carbocycles. The second-order valence-electron chi connectivity index (χ2n) is 4.26. The molecule has 2 N–H and O–H groups in total. The van der Waals surface area contributed by atoms with Crippen LogP contribution in [-0.4, -0.2) is 23.5 Å². The van der Waals surface area contributed by atoms with Crippen LogP contribution in [0.4, 0.5) is 0 Å². The summed E-state index contributed by atoms with van der Waals surface area (Å²) in [5.74, 6) is 0. The lowest BCUT2D eigenvalue weighted by Gasteiger charge is -2.20. The van der Waals surface area contributed by atoms with Crippen LogP contribution in [0.2, 0.25) is 0 Å². The molecule has 2 rings (SSSR count). The second-order valence-corrected chi connectivity index (χ2v) is 4.26. The van der Waals surface area contributed by atoms with Crippen molar-refractivity contribution < 1.29 is 0 Å². The van der Waals surface area contributed by atoms with E-state index in [9.17, 15) is 0 Å². The van der Waals surface area contributed by atoms with Crippen molar-refractivity contribution in [1.82, 2.24) is 4.90 Å². The molecular weight excluding hydrogens is 172 g/mol. The van der Waals surface area contributed by atoms with Crippen molar-refractivity contribution in [2.45, 2.75) is 32.0 Å². The Morgan fingerprint density at radius 2 is 2.07 bits per heavy atom. The van der Waals surface area contributed by atoms with Gasteiger partial charge in [0.05, 0.1) is 0 Å². The largest absolute Gasteiger partial charge is 0.326 e. The van der Waals surface area contributed by atoms with Crippen LogP contribution in [0.1, 0.15) is 18.9 Å². The standard InChI is InChI=1S/C12H18N2/c1-10-7-12(13)9-14(10)8-11-5-3-2-4-6-11/h2-6,10,12H,7-9,13H2,1H3/t10-,12?/m0/s1. The monoisotopic (exact) mass is 190 g/mol. The van der Waals surface area contributed by atoms with E-state index < -0.39 is 0 Å². The van der Waals surface area contributed by atoms with Crippen LogP contribution < -0.4 is 5.73 Å². The number of hydrogen-bond donors (Lipinski definition) is 1. The molecule has 0 amide bonds. The average Bonchev–Trinajstić information content (AvgIpc) is 2.47. The van der Waals surface area contributed by atoms with Crippen LogP contribution in [0, 0.1) is 0 Å². The van der Waals surface area contributed by atoms with Gasteiger partial charge in [0.15, 0.2) is 0 Å². The fraction of sp³-hybridized carbons (Fsp3) is 0.500. The Morgan fingerprint density at radius 3 is 2.64 bits per heavy atom. The predicted molar refractivity (Wildman–Crippen MR) is 58.9 cm³/mol. The van der Waals surface area contributed by atoms with Crippen LogP contribution in [0.3, 0.4) is 0 Å². The average molecular weight is 190 g/mol. The molecule has 1 heterocycles. The third-order valence-electron chi connectivity index (χ3n) is 2.96. The fourth-order valence-electron chi connectivity index (χ4n) is 2.18. The van der Waals surface area contributed by atoms with Gasteiger partial charge in [0.2, 0.25) is 0 Å². The normalized spacial score (nSPS) is 28.1. The molecule has 76 valence electrons. The summed E-state index contributed by atoms with van der Waals surface area (Å²) < 4.78 is 0. The van der Waals surface area contributed by atoms with Crippen molar-refractivity contribution >= 4 is 0 Å². The molecule has 2 atom stereocenters. The lowest BCUT2D eigenvalue weighted by atomic mass is 10.2. The minimum Gasteiger partial charge on any atom is -0.326 e. The van der Waals surface area contributed by atoms with Crippen LogP contribution >= 0.6 is 0 Å². The molecule has 1 unspecified atom stereocenters. The maximum absolute atomic E-state index is 5.93. The number of likely N-dealkylation sites (tertiary alicyclic amines) is 1. The predicted octanol–water partition coefficient (Wildman–Crippen LogP) is 1.61. The third kappa shape index (κ3) is 2.14. The highest BCUT2D eigenvalue weighted by molar-refractivity contribution is 5.14. The molecule has 2 nitrogen and oxygen atoms in total. The lowest BCUT2D eigenvalue weighted by Crippen LogP contribution is -2.28. The number of benzene rings is 1. The van der Waals surface area contributed by atoms with E-state index in [0.29, 0.717) is 12.1 Å². The topological polar surface area (TPSA) is 29.3 Å². The fourth-order valence-corrected chi connectivity index (χ4v) is 2.18. The van der Waals surface area contributed by atoms with Gasteiger partial charge < -0.3 is 5.73 Å². The second kappa shape index (κ2) is 4.11. The van der Waals surface area contributed by atoms with E-state index in [1.165, 1.54) is 5.56 Å². The van der Waals surface area contributed by atoms with Crippen LogP contribution in [-0.2, 0) is 6.54 Å². The van der Waals surface area contributed by atoms with Crippen molar-refractivity contribution in [3.63, 3.8) is 0 Å². The molecule has 1 aromatic rings. The molecule has 0 bridgehead atoms. The Morgan fingerprint density at radius 1 is 1.36 bits per heavy atom. The molecular formula is C12H18N2. The first-order valence-electron chi connectivity index (χ1n) is 5.29. The van der Waals surface area contributed by atoms with E-state index in [4.69, 9.17) is 5.73 Å².